The number of halogens is 4. The standard InChI is InChI=1S/C40H39Cl2F2N3O8/c41-31-19-47(51)20-32(42)30(31)18-34(25-9-10-33(55-40(43)44)35(17-25)52-22-23-7-8-23)53-38(49)27-4-1-5-28(15-27)45-37(26-3-2-6-29(48)16-26)39(50)54-36-21-46-13-11-24(36)12-14-46/h1-6,9-10,15-17,19-20,23-24,34,36-37,40,45,48H,7-8,11-14,18,21-22H2/t34-,36-,37?/m0/s1. The third-order valence-corrected chi connectivity index (χ3v) is 10.8. The second-order valence-electron chi connectivity index (χ2n) is 14.1. The molecule has 0 spiro atoms. The number of aromatic nitrogens is 1. The number of hydrogen-bond donors (Lipinski definition) is 2. The van der Waals surface area contributed by atoms with Gasteiger partial charge >= 0.3 is 18.6 Å². The van der Waals surface area contributed by atoms with Crippen LogP contribution in [0.5, 0.6) is 17.2 Å². The quantitative estimate of drug-likeness (QED) is 0.0702. The summed E-state index contributed by atoms with van der Waals surface area (Å²) in [7, 11) is 0. The summed E-state index contributed by atoms with van der Waals surface area (Å²) in [6.45, 7) is -0.174. The number of phenols is 1. The number of piperidine rings is 3. The molecule has 2 bridgehead atoms. The number of carbonyl (C=O) groups is 2. The molecule has 3 saturated heterocycles. The zero-order chi connectivity index (χ0) is 38.6. The molecule has 4 aliphatic rings. The molecule has 8 rings (SSSR count). The Morgan fingerprint density at radius 2 is 1.69 bits per heavy atom. The zero-order valence-electron chi connectivity index (χ0n) is 29.5. The number of nitrogens with one attached hydrogen (secondary N) is 1. The molecule has 0 radical (unpaired) electrons. The summed E-state index contributed by atoms with van der Waals surface area (Å²) in [5.41, 5.74) is 1.65. The molecule has 3 atom stereocenters. The number of pyridine rings is 1. The van der Waals surface area contributed by atoms with Gasteiger partial charge in [0, 0.05) is 24.2 Å². The van der Waals surface area contributed by atoms with Gasteiger partial charge in [-0.15, -0.1) is 0 Å². The lowest BCUT2D eigenvalue weighted by atomic mass is 9.86. The number of esters is 2. The highest BCUT2D eigenvalue weighted by molar-refractivity contribution is 6.35. The second-order valence-corrected chi connectivity index (χ2v) is 14.9. The molecule has 4 fully saturated rings. The fourth-order valence-corrected chi connectivity index (χ4v) is 7.60. The smallest absolute Gasteiger partial charge is 0.387 e. The molecule has 11 nitrogen and oxygen atoms in total. The Hall–Kier alpha value is -4.85. The molecule has 1 aromatic heterocycles. The van der Waals surface area contributed by atoms with Crippen molar-refractivity contribution >= 4 is 40.8 Å². The number of aromatic hydroxyl groups is 1. The average Bonchev–Trinajstić information content (AvgIpc) is 3.99. The van der Waals surface area contributed by atoms with Crippen molar-refractivity contribution in [3.8, 4) is 17.2 Å². The molecule has 1 aliphatic carbocycles. The lowest BCUT2D eigenvalue weighted by molar-refractivity contribution is -0.605. The molecule has 290 valence electrons. The van der Waals surface area contributed by atoms with Gasteiger partial charge in [-0.2, -0.15) is 13.5 Å². The number of fused-ring (bicyclic) bond motifs is 3. The van der Waals surface area contributed by atoms with Crippen molar-refractivity contribution in [3.63, 3.8) is 0 Å². The molecule has 1 saturated carbocycles. The van der Waals surface area contributed by atoms with Crippen LogP contribution in [-0.4, -0.2) is 60.9 Å². The van der Waals surface area contributed by atoms with Gasteiger partial charge in [0.05, 0.1) is 12.2 Å². The first-order valence-electron chi connectivity index (χ1n) is 18.1. The van der Waals surface area contributed by atoms with Gasteiger partial charge in [0.2, 0.25) is 0 Å². The zero-order valence-corrected chi connectivity index (χ0v) is 31.1. The number of alkyl halides is 2. The Labute approximate surface area is 326 Å². The molecule has 55 heavy (non-hydrogen) atoms. The highest BCUT2D eigenvalue weighted by Crippen LogP contribution is 2.38. The molecule has 2 N–H and O–H groups in total. The van der Waals surface area contributed by atoms with Crippen LogP contribution in [0.25, 0.3) is 0 Å². The molecule has 3 aromatic carbocycles. The van der Waals surface area contributed by atoms with E-state index in [0.717, 1.165) is 51.2 Å². The number of carbonyl (C=O) groups excluding carboxylic acids is 2. The van der Waals surface area contributed by atoms with Crippen LogP contribution in [0, 0.1) is 17.0 Å². The van der Waals surface area contributed by atoms with E-state index in [1.807, 2.05) is 0 Å². The van der Waals surface area contributed by atoms with E-state index >= 15 is 0 Å². The first-order valence-corrected chi connectivity index (χ1v) is 18.8. The summed E-state index contributed by atoms with van der Waals surface area (Å²) >= 11 is 12.8. The third-order valence-electron chi connectivity index (χ3n) is 10.1. The summed E-state index contributed by atoms with van der Waals surface area (Å²) in [5.74, 6) is -0.877. The maximum Gasteiger partial charge on any atom is 0.387 e. The number of anilines is 1. The lowest BCUT2D eigenvalue weighted by Crippen LogP contribution is -2.52. The van der Waals surface area contributed by atoms with Gasteiger partial charge in [0.15, 0.2) is 29.9 Å². The molecular formula is C40H39Cl2F2N3O8. The molecule has 3 aliphatic heterocycles. The second kappa shape index (κ2) is 16.9. The lowest BCUT2D eigenvalue weighted by Gasteiger charge is -2.44. The predicted octanol–water partition coefficient (Wildman–Crippen LogP) is 7.65. The predicted molar refractivity (Wildman–Crippen MR) is 199 cm³/mol. The number of rotatable bonds is 15. The Kier molecular flexibility index (Phi) is 11.8. The highest BCUT2D eigenvalue weighted by atomic mass is 35.5. The highest BCUT2D eigenvalue weighted by Gasteiger charge is 2.38. The van der Waals surface area contributed by atoms with E-state index < -0.39 is 30.7 Å². The minimum Gasteiger partial charge on any atom is -0.619 e. The maximum atomic E-state index is 13.9. The molecule has 0 amide bonds. The fourth-order valence-electron chi connectivity index (χ4n) is 7.01. The van der Waals surface area contributed by atoms with Crippen molar-refractivity contribution in [2.75, 3.05) is 31.6 Å². The number of phenolic OH excluding ortho intramolecular Hbond substituents is 1. The van der Waals surface area contributed by atoms with Crippen LogP contribution >= 0.6 is 23.2 Å². The number of ether oxygens (including phenoxy) is 4. The Morgan fingerprint density at radius 3 is 2.36 bits per heavy atom. The van der Waals surface area contributed by atoms with Crippen LogP contribution in [-0.2, 0) is 20.7 Å². The fraction of sp³-hybridized carbons (Fsp3) is 0.375. The number of hydrogen-bond acceptors (Lipinski definition) is 10. The van der Waals surface area contributed by atoms with Gasteiger partial charge in [-0.3, -0.25) is 4.90 Å². The van der Waals surface area contributed by atoms with Crippen molar-refractivity contribution in [3.05, 3.63) is 117 Å². The van der Waals surface area contributed by atoms with Gasteiger partial charge in [-0.25, -0.2) is 9.59 Å². The summed E-state index contributed by atoms with van der Waals surface area (Å²) < 4.78 is 49.8. The van der Waals surface area contributed by atoms with Crippen LogP contribution in [0.4, 0.5) is 14.5 Å². The van der Waals surface area contributed by atoms with Gasteiger partial charge in [-0.1, -0.05) is 47.5 Å². The van der Waals surface area contributed by atoms with E-state index in [-0.39, 0.29) is 51.3 Å². The van der Waals surface area contributed by atoms with E-state index in [1.54, 1.807) is 24.3 Å². The van der Waals surface area contributed by atoms with Crippen molar-refractivity contribution in [1.82, 2.24) is 4.90 Å². The summed E-state index contributed by atoms with van der Waals surface area (Å²) in [4.78, 5) is 30.0. The monoisotopic (exact) mass is 797 g/mol. The summed E-state index contributed by atoms with van der Waals surface area (Å²) in [6.07, 6.45) is 4.62. The maximum absolute atomic E-state index is 13.9. The average molecular weight is 799 g/mol. The van der Waals surface area contributed by atoms with Crippen molar-refractivity contribution in [2.24, 2.45) is 11.8 Å². The van der Waals surface area contributed by atoms with Crippen LogP contribution in [0.15, 0.2) is 79.1 Å². The van der Waals surface area contributed by atoms with E-state index in [2.05, 4.69) is 10.2 Å². The van der Waals surface area contributed by atoms with Crippen molar-refractivity contribution in [2.45, 2.75) is 57.0 Å². The number of benzene rings is 3. The molecule has 4 heterocycles. The summed E-state index contributed by atoms with van der Waals surface area (Å²) in [5, 5.41) is 25.5. The Balaban J connectivity index is 1.15. The molecule has 15 heteroatoms. The van der Waals surface area contributed by atoms with Gasteiger partial charge in [-0.05, 0) is 104 Å². The first kappa shape index (κ1) is 38.4. The van der Waals surface area contributed by atoms with E-state index in [0.29, 0.717) is 46.2 Å². The van der Waals surface area contributed by atoms with Gasteiger partial charge in [0.1, 0.15) is 28.0 Å². The van der Waals surface area contributed by atoms with Gasteiger partial charge < -0.3 is 34.6 Å². The SMILES string of the molecule is O=C(O[C@@H](Cc1c(Cl)c[n+]([O-])cc1Cl)c1ccc(OC(F)F)c(OCC2CC2)c1)c1cccc(NC(C(=O)O[C@H]2CN3CCC2CC3)c2cccc(O)c2)c1. The van der Waals surface area contributed by atoms with Gasteiger partial charge in [0.25, 0.3) is 0 Å². The van der Waals surface area contributed by atoms with Crippen molar-refractivity contribution in [1.29, 1.82) is 0 Å². The molecule has 4 aromatic rings. The Morgan fingerprint density at radius 1 is 0.945 bits per heavy atom. The Bertz CT molecular complexity index is 2010. The first-order chi connectivity index (χ1) is 26.5. The van der Waals surface area contributed by atoms with E-state index in [1.165, 1.54) is 42.5 Å². The largest absolute Gasteiger partial charge is 0.619 e. The van der Waals surface area contributed by atoms with Crippen molar-refractivity contribution < 1.29 is 47.2 Å². The summed E-state index contributed by atoms with van der Waals surface area (Å²) in [6, 6.07) is 15.9. The normalized spacial score (nSPS) is 20.1. The van der Waals surface area contributed by atoms with Crippen LogP contribution < -0.4 is 19.5 Å². The third kappa shape index (κ3) is 9.70. The molecular weight excluding hydrogens is 759 g/mol. The molecule has 1 unspecified atom stereocenters. The van der Waals surface area contributed by atoms with Crippen LogP contribution in [0.3, 0.4) is 0 Å². The minimum atomic E-state index is -3.10. The van der Waals surface area contributed by atoms with Crippen LogP contribution in [0.2, 0.25) is 10.0 Å². The van der Waals surface area contributed by atoms with Crippen LogP contribution in [0.1, 0.15) is 64.9 Å². The minimum absolute atomic E-state index is 0.0260. The van der Waals surface area contributed by atoms with E-state index in [4.69, 9.17) is 42.1 Å². The topological polar surface area (TPSA) is 134 Å². The number of nitrogens with zero attached hydrogens (tertiary/aromatic N) is 2. The van der Waals surface area contributed by atoms with E-state index in [9.17, 15) is 28.7 Å².